The van der Waals surface area contributed by atoms with Crippen LogP contribution < -0.4 is 5.32 Å². The predicted octanol–water partition coefficient (Wildman–Crippen LogP) is 4.01. The van der Waals surface area contributed by atoms with E-state index in [9.17, 15) is 0 Å². The molecule has 1 aliphatic rings. The maximum atomic E-state index is 5.68. The number of pyridine rings is 1. The van der Waals surface area contributed by atoms with Gasteiger partial charge in [-0.3, -0.25) is 4.90 Å². The number of fused-ring (bicyclic) bond motifs is 1. The van der Waals surface area contributed by atoms with Crippen molar-refractivity contribution in [2.45, 2.75) is 25.4 Å². The molecule has 3 aromatic heterocycles. The summed E-state index contributed by atoms with van der Waals surface area (Å²) in [4.78, 5) is 14.9. The molecule has 1 fully saturated rings. The number of anilines is 1. The zero-order valence-electron chi connectivity index (χ0n) is 17.5. The van der Waals surface area contributed by atoms with E-state index < -0.39 is 0 Å². The third kappa shape index (κ3) is 4.17. The molecular formula is C23H26N6O2. The topological polar surface area (TPSA) is 92.1 Å². The van der Waals surface area contributed by atoms with E-state index in [1.807, 2.05) is 12.1 Å². The fourth-order valence-corrected chi connectivity index (χ4v) is 4.18. The van der Waals surface area contributed by atoms with Gasteiger partial charge in [0.1, 0.15) is 5.82 Å². The second-order valence-corrected chi connectivity index (χ2v) is 7.80. The van der Waals surface area contributed by atoms with Gasteiger partial charge in [0.05, 0.1) is 12.6 Å². The minimum atomic E-state index is 0.137. The molecule has 4 heterocycles. The molecule has 8 nitrogen and oxygen atoms in total. The highest BCUT2D eigenvalue weighted by Crippen LogP contribution is 2.34. The number of H-pyrrole nitrogens is 1. The molecule has 0 unspecified atom stereocenters. The molecule has 0 spiro atoms. The average molecular weight is 419 g/mol. The quantitative estimate of drug-likeness (QED) is 0.418. The number of benzene rings is 1. The third-order valence-electron chi connectivity index (χ3n) is 5.77. The summed E-state index contributed by atoms with van der Waals surface area (Å²) in [5, 5.41) is 8.69. The number of hydrogen-bond donors (Lipinski definition) is 2. The first-order valence-corrected chi connectivity index (χ1v) is 10.6. The molecular weight excluding hydrogens is 392 g/mol. The highest BCUT2D eigenvalue weighted by Gasteiger charge is 2.31. The molecule has 0 saturated carbocycles. The van der Waals surface area contributed by atoms with Crippen LogP contribution in [0.15, 0.2) is 53.3 Å². The van der Waals surface area contributed by atoms with Crippen LogP contribution in [-0.2, 0) is 11.3 Å². The number of aromatic nitrogens is 4. The highest BCUT2D eigenvalue weighted by molar-refractivity contribution is 5.82. The summed E-state index contributed by atoms with van der Waals surface area (Å²) in [6.45, 7) is 3.22. The van der Waals surface area contributed by atoms with Crippen molar-refractivity contribution in [3.63, 3.8) is 0 Å². The molecule has 0 aliphatic carbocycles. The van der Waals surface area contributed by atoms with Gasteiger partial charge in [0.15, 0.2) is 0 Å². The van der Waals surface area contributed by atoms with Crippen molar-refractivity contribution in [3.8, 4) is 11.4 Å². The zero-order valence-corrected chi connectivity index (χ0v) is 17.5. The van der Waals surface area contributed by atoms with Crippen molar-refractivity contribution in [3.05, 3.63) is 60.2 Å². The number of hydrogen-bond acceptors (Lipinski definition) is 7. The molecule has 2 N–H and O–H groups in total. The smallest absolute Gasteiger partial charge is 0.244 e. The van der Waals surface area contributed by atoms with E-state index in [-0.39, 0.29) is 6.04 Å². The maximum absolute atomic E-state index is 5.68. The van der Waals surface area contributed by atoms with Gasteiger partial charge in [-0.2, -0.15) is 4.98 Å². The van der Waals surface area contributed by atoms with Gasteiger partial charge in [0, 0.05) is 49.1 Å². The second kappa shape index (κ2) is 8.87. The molecule has 0 bridgehead atoms. The van der Waals surface area contributed by atoms with Crippen LogP contribution in [0.2, 0.25) is 0 Å². The first-order chi connectivity index (χ1) is 15.3. The van der Waals surface area contributed by atoms with Gasteiger partial charge in [-0.1, -0.05) is 23.4 Å². The lowest BCUT2D eigenvalue weighted by Gasteiger charge is -2.21. The largest absolute Gasteiger partial charge is 0.383 e. The molecule has 1 aromatic carbocycles. The number of nitrogens with one attached hydrogen (secondary N) is 2. The Labute approximate surface area is 180 Å². The van der Waals surface area contributed by atoms with Crippen LogP contribution in [0, 0.1) is 0 Å². The van der Waals surface area contributed by atoms with Crippen molar-refractivity contribution in [2.75, 3.05) is 32.1 Å². The lowest BCUT2D eigenvalue weighted by Crippen LogP contribution is -2.22. The van der Waals surface area contributed by atoms with Crippen LogP contribution >= 0.6 is 0 Å². The van der Waals surface area contributed by atoms with Crippen LogP contribution in [0.1, 0.15) is 30.3 Å². The predicted molar refractivity (Wildman–Crippen MR) is 119 cm³/mol. The first-order valence-electron chi connectivity index (χ1n) is 10.6. The standard InChI is InChI=1S/C23H26N6O2/c1-30-12-10-24-21-9-8-16(13-26-21)22-27-23(31-28-22)20-7-4-11-29(20)15-17-14-25-19-6-3-2-5-18(17)19/h2-3,5-6,8-9,13-14,20,25H,4,7,10-12,15H2,1H3,(H,24,26)/t20-/m0/s1. The average Bonchev–Trinajstić information content (AvgIpc) is 3.55. The van der Waals surface area contributed by atoms with E-state index in [0.29, 0.717) is 24.9 Å². The fourth-order valence-electron chi connectivity index (χ4n) is 4.18. The summed E-state index contributed by atoms with van der Waals surface area (Å²) < 4.78 is 10.7. The van der Waals surface area contributed by atoms with Gasteiger partial charge in [-0.15, -0.1) is 0 Å². The fraction of sp³-hybridized carbons (Fsp3) is 0.348. The number of aromatic amines is 1. The van der Waals surface area contributed by atoms with Crippen molar-refractivity contribution < 1.29 is 9.26 Å². The van der Waals surface area contributed by atoms with Gasteiger partial charge in [0.25, 0.3) is 0 Å². The summed E-state index contributed by atoms with van der Waals surface area (Å²) in [6.07, 6.45) is 6.01. The van der Waals surface area contributed by atoms with Gasteiger partial charge in [-0.05, 0) is 43.1 Å². The number of likely N-dealkylation sites (tertiary alicyclic amines) is 1. The Morgan fingerprint density at radius 3 is 3.06 bits per heavy atom. The lowest BCUT2D eigenvalue weighted by molar-refractivity contribution is 0.202. The molecule has 8 heteroatoms. The van der Waals surface area contributed by atoms with E-state index >= 15 is 0 Å². The number of para-hydroxylation sites is 1. The summed E-state index contributed by atoms with van der Waals surface area (Å²) in [5.74, 6) is 2.05. The van der Waals surface area contributed by atoms with Crippen molar-refractivity contribution in [1.29, 1.82) is 0 Å². The van der Waals surface area contributed by atoms with Gasteiger partial charge in [-0.25, -0.2) is 4.98 Å². The zero-order chi connectivity index (χ0) is 21.0. The molecule has 1 aliphatic heterocycles. The minimum absolute atomic E-state index is 0.137. The van der Waals surface area contributed by atoms with Gasteiger partial charge in [0.2, 0.25) is 11.7 Å². The molecule has 5 rings (SSSR count). The summed E-state index contributed by atoms with van der Waals surface area (Å²) in [5.41, 5.74) is 3.30. The minimum Gasteiger partial charge on any atom is -0.383 e. The van der Waals surface area contributed by atoms with Crippen LogP contribution in [0.5, 0.6) is 0 Å². The molecule has 1 atom stereocenters. The summed E-state index contributed by atoms with van der Waals surface area (Å²) in [6, 6.07) is 12.4. The summed E-state index contributed by atoms with van der Waals surface area (Å²) >= 11 is 0. The SMILES string of the molecule is COCCNc1ccc(-c2noc([C@@H]3CCCN3Cc3c[nH]c4ccccc34)n2)cn1. The lowest BCUT2D eigenvalue weighted by atomic mass is 10.1. The second-order valence-electron chi connectivity index (χ2n) is 7.80. The summed E-state index contributed by atoms with van der Waals surface area (Å²) in [7, 11) is 1.68. The molecule has 160 valence electrons. The first kappa shape index (κ1) is 19.7. The molecule has 31 heavy (non-hydrogen) atoms. The van der Waals surface area contributed by atoms with E-state index in [1.165, 1.54) is 16.5 Å². The van der Waals surface area contributed by atoms with Crippen LogP contribution in [0.4, 0.5) is 5.82 Å². The third-order valence-corrected chi connectivity index (χ3v) is 5.77. The number of rotatable bonds is 8. The number of nitrogens with zero attached hydrogens (tertiary/aromatic N) is 4. The van der Waals surface area contributed by atoms with Crippen molar-refractivity contribution >= 4 is 16.7 Å². The Kier molecular flexibility index (Phi) is 5.64. The normalized spacial score (nSPS) is 16.9. The Balaban J connectivity index is 1.29. The Morgan fingerprint density at radius 2 is 2.19 bits per heavy atom. The molecule has 1 saturated heterocycles. The Morgan fingerprint density at radius 1 is 1.26 bits per heavy atom. The van der Waals surface area contributed by atoms with E-state index in [2.05, 4.69) is 55.8 Å². The van der Waals surface area contributed by atoms with Gasteiger partial charge >= 0.3 is 0 Å². The molecule has 0 radical (unpaired) electrons. The van der Waals surface area contributed by atoms with E-state index in [0.717, 1.165) is 37.3 Å². The van der Waals surface area contributed by atoms with Crippen LogP contribution in [0.3, 0.4) is 0 Å². The molecule has 0 amide bonds. The highest BCUT2D eigenvalue weighted by atomic mass is 16.5. The Hall–Kier alpha value is -3.23. The number of methoxy groups -OCH3 is 1. The number of ether oxygens (including phenoxy) is 1. The monoisotopic (exact) mass is 418 g/mol. The molecule has 4 aromatic rings. The van der Waals surface area contributed by atoms with E-state index in [1.54, 1.807) is 13.3 Å². The van der Waals surface area contributed by atoms with Crippen LogP contribution in [0.25, 0.3) is 22.3 Å². The van der Waals surface area contributed by atoms with Crippen molar-refractivity contribution in [1.82, 2.24) is 25.0 Å². The van der Waals surface area contributed by atoms with Crippen LogP contribution in [-0.4, -0.2) is 51.8 Å². The van der Waals surface area contributed by atoms with Gasteiger partial charge < -0.3 is 19.6 Å². The Bertz CT molecular complexity index is 1140. The van der Waals surface area contributed by atoms with E-state index in [4.69, 9.17) is 14.2 Å². The maximum Gasteiger partial charge on any atom is 0.244 e. The van der Waals surface area contributed by atoms with Crippen molar-refractivity contribution in [2.24, 2.45) is 0 Å².